The van der Waals surface area contributed by atoms with Crippen molar-refractivity contribution in [3.63, 3.8) is 0 Å². The third-order valence-electron chi connectivity index (χ3n) is 4.76. The van der Waals surface area contributed by atoms with Gasteiger partial charge in [-0.3, -0.25) is 14.6 Å². The van der Waals surface area contributed by atoms with Gasteiger partial charge in [-0.25, -0.2) is 9.37 Å². The Labute approximate surface area is 162 Å². The summed E-state index contributed by atoms with van der Waals surface area (Å²) in [5, 5.41) is 5.54. The summed E-state index contributed by atoms with van der Waals surface area (Å²) in [4.78, 5) is 13.6. The van der Waals surface area contributed by atoms with Crippen LogP contribution in [0.4, 0.5) is 4.39 Å². The highest BCUT2D eigenvalue weighted by molar-refractivity contribution is 5.96. The van der Waals surface area contributed by atoms with Crippen LogP contribution in [-0.4, -0.2) is 31.8 Å². The van der Waals surface area contributed by atoms with Gasteiger partial charge in [0.05, 0.1) is 35.8 Å². The quantitative estimate of drug-likeness (QED) is 0.529. The highest BCUT2D eigenvalue weighted by Crippen LogP contribution is 2.36. The Bertz CT molecular complexity index is 1170. The van der Waals surface area contributed by atoms with Crippen molar-refractivity contribution in [1.82, 2.24) is 24.7 Å². The molecule has 28 heavy (non-hydrogen) atoms. The first-order chi connectivity index (χ1) is 13.5. The van der Waals surface area contributed by atoms with Crippen molar-refractivity contribution in [1.29, 1.82) is 0 Å². The van der Waals surface area contributed by atoms with Gasteiger partial charge < -0.3 is 4.74 Å². The number of nitrogens with zero attached hydrogens (tertiary/aromatic N) is 5. The molecule has 0 amide bonds. The average molecular weight is 377 g/mol. The van der Waals surface area contributed by atoms with Crippen LogP contribution in [0.2, 0.25) is 0 Å². The van der Waals surface area contributed by atoms with E-state index < -0.39 is 0 Å². The fourth-order valence-electron chi connectivity index (χ4n) is 3.34. The van der Waals surface area contributed by atoms with Crippen LogP contribution in [0, 0.1) is 19.7 Å². The van der Waals surface area contributed by atoms with E-state index in [4.69, 9.17) is 9.72 Å². The number of hydrogen-bond acceptors (Lipinski definition) is 5. The Morgan fingerprint density at radius 2 is 1.86 bits per heavy atom. The molecule has 0 unspecified atom stereocenters. The molecule has 0 saturated carbocycles. The van der Waals surface area contributed by atoms with Gasteiger partial charge in [0.15, 0.2) is 5.65 Å². The highest BCUT2D eigenvalue weighted by atomic mass is 19.1. The third kappa shape index (κ3) is 2.98. The first-order valence-corrected chi connectivity index (χ1v) is 9.03. The molecule has 0 fully saturated rings. The zero-order valence-electron chi connectivity index (χ0n) is 16.2. The topological polar surface area (TPSA) is 65.7 Å². The van der Waals surface area contributed by atoms with Crippen molar-refractivity contribution in [3.8, 4) is 28.3 Å². The number of aryl methyl sites for hydroxylation is 3. The summed E-state index contributed by atoms with van der Waals surface area (Å²) in [6.07, 6.45) is 3.46. The third-order valence-corrected chi connectivity index (χ3v) is 4.76. The molecule has 0 N–H and O–H groups in total. The van der Waals surface area contributed by atoms with Gasteiger partial charge in [0.1, 0.15) is 11.6 Å². The minimum Gasteiger partial charge on any atom is -0.496 e. The number of hydrogen-bond donors (Lipinski definition) is 0. The van der Waals surface area contributed by atoms with Crippen molar-refractivity contribution in [2.75, 3.05) is 7.11 Å². The molecule has 0 atom stereocenters. The van der Waals surface area contributed by atoms with Gasteiger partial charge in [0.2, 0.25) is 0 Å². The predicted octanol–water partition coefficient (Wildman–Crippen LogP) is 4.34. The summed E-state index contributed by atoms with van der Waals surface area (Å²) in [5.41, 5.74) is 5.13. The lowest BCUT2D eigenvalue weighted by molar-refractivity contribution is 0.415. The number of aromatic nitrogens is 5. The Morgan fingerprint density at radius 3 is 2.54 bits per heavy atom. The summed E-state index contributed by atoms with van der Waals surface area (Å²) in [7, 11) is 1.55. The summed E-state index contributed by atoms with van der Waals surface area (Å²) < 4.78 is 21.3. The molecule has 0 aliphatic heterocycles. The van der Waals surface area contributed by atoms with Crippen LogP contribution in [0.1, 0.15) is 18.3 Å². The number of fused-ring (bicyclic) bond motifs is 1. The first kappa shape index (κ1) is 18.0. The summed E-state index contributed by atoms with van der Waals surface area (Å²) in [6.45, 7) is 6.65. The average Bonchev–Trinajstić information content (AvgIpc) is 3.03. The van der Waals surface area contributed by atoms with Gasteiger partial charge in [-0.15, -0.1) is 0 Å². The number of ether oxygens (including phenoxy) is 1. The fraction of sp³-hybridized carbons (Fsp3) is 0.238. The van der Waals surface area contributed by atoms with E-state index in [0.29, 0.717) is 28.3 Å². The van der Waals surface area contributed by atoms with Crippen molar-refractivity contribution in [3.05, 3.63) is 53.9 Å². The van der Waals surface area contributed by atoms with Gasteiger partial charge >= 0.3 is 0 Å². The number of pyridine rings is 1. The van der Waals surface area contributed by atoms with E-state index in [1.54, 1.807) is 25.6 Å². The lowest BCUT2D eigenvalue weighted by atomic mass is 10.0. The maximum absolute atomic E-state index is 13.9. The second-order valence-electron chi connectivity index (χ2n) is 6.54. The smallest absolute Gasteiger partial charge is 0.182 e. The molecule has 0 radical (unpaired) electrons. The lowest BCUT2D eigenvalue weighted by Gasteiger charge is -2.11. The second kappa shape index (κ2) is 6.99. The molecular formula is C21H20FN5O. The molecular weight excluding hydrogens is 357 g/mol. The van der Waals surface area contributed by atoms with Crippen LogP contribution in [0.3, 0.4) is 0 Å². The summed E-state index contributed by atoms with van der Waals surface area (Å²) in [6, 6.07) is 6.27. The van der Waals surface area contributed by atoms with E-state index in [9.17, 15) is 4.39 Å². The van der Waals surface area contributed by atoms with E-state index in [-0.39, 0.29) is 5.82 Å². The summed E-state index contributed by atoms with van der Waals surface area (Å²) in [5.74, 6) is 0.186. The number of methoxy groups -OCH3 is 1. The molecule has 0 aliphatic rings. The highest BCUT2D eigenvalue weighted by Gasteiger charge is 2.19. The van der Waals surface area contributed by atoms with Crippen LogP contribution in [0.25, 0.3) is 33.5 Å². The van der Waals surface area contributed by atoms with Crippen LogP contribution < -0.4 is 4.74 Å². The summed E-state index contributed by atoms with van der Waals surface area (Å²) >= 11 is 0. The van der Waals surface area contributed by atoms with Gasteiger partial charge in [0.25, 0.3) is 0 Å². The molecule has 3 aromatic heterocycles. The van der Waals surface area contributed by atoms with E-state index in [2.05, 4.69) is 15.1 Å². The van der Waals surface area contributed by atoms with Crippen LogP contribution in [0.15, 0.2) is 36.7 Å². The van der Waals surface area contributed by atoms with Crippen LogP contribution in [-0.2, 0) is 6.54 Å². The minimum atomic E-state index is -0.357. The molecule has 4 rings (SSSR count). The molecule has 7 heteroatoms. The SMILES string of the molecule is CCn1nc2nc(-c3cc(F)ccc3OC)cc(-c3cnc(C)cn3)c2c1C. The maximum atomic E-state index is 13.9. The zero-order chi connectivity index (χ0) is 19.8. The van der Waals surface area contributed by atoms with Crippen molar-refractivity contribution in [2.24, 2.45) is 0 Å². The molecule has 6 nitrogen and oxygen atoms in total. The van der Waals surface area contributed by atoms with E-state index in [1.165, 1.54) is 12.1 Å². The number of rotatable bonds is 4. The van der Waals surface area contributed by atoms with E-state index in [1.807, 2.05) is 31.5 Å². The van der Waals surface area contributed by atoms with Crippen molar-refractivity contribution in [2.45, 2.75) is 27.3 Å². The van der Waals surface area contributed by atoms with Crippen molar-refractivity contribution < 1.29 is 9.13 Å². The molecule has 4 aromatic rings. The van der Waals surface area contributed by atoms with Crippen LogP contribution in [0.5, 0.6) is 5.75 Å². The Balaban J connectivity index is 2.05. The molecule has 0 aliphatic carbocycles. The lowest BCUT2D eigenvalue weighted by Crippen LogP contribution is -1.98. The van der Waals surface area contributed by atoms with Crippen LogP contribution >= 0.6 is 0 Å². The molecule has 0 saturated heterocycles. The van der Waals surface area contributed by atoms with Gasteiger partial charge in [-0.2, -0.15) is 5.10 Å². The molecule has 1 aromatic carbocycles. The standard InChI is InChI=1S/C21H20FN5O/c1-5-27-13(3)20-16(18-11-23-12(2)10-24-18)9-17(25-21(20)26-27)15-8-14(22)6-7-19(15)28-4/h6-11H,5H2,1-4H3. The normalized spacial score (nSPS) is 11.2. The molecule has 3 heterocycles. The van der Waals surface area contributed by atoms with Gasteiger partial charge in [-0.05, 0) is 45.0 Å². The van der Waals surface area contributed by atoms with Gasteiger partial charge in [0, 0.05) is 29.6 Å². The number of benzene rings is 1. The number of halogens is 1. The Kier molecular flexibility index (Phi) is 4.50. The first-order valence-electron chi connectivity index (χ1n) is 9.03. The molecule has 0 bridgehead atoms. The largest absolute Gasteiger partial charge is 0.496 e. The monoisotopic (exact) mass is 377 g/mol. The van der Waals surface area contributed by atoms with Crippen molar-refractivity contribution >= 4 is 11.0 Å². The Hall–Kier alpha value is -3.35. The maximum Gasteiger partial charge on any atom is 0.182 e. The van der Waals surface area contributed by atoms with E-state index >= 15 is 0 Å². The molecule has 0 spiro atoms. The fourth-order valence-corrected chi connectivity index (χ4v) is 3.34. The van der Waals surface area contributed by atoms with Gasteiger partial charge in [-0.1, -0.05) is 0 Å². The van der Waals surface area contributed by atoms with E-state index in [0.717, 1.165) is 28.9 Å². The zero-order valence-corrected chi connectivity index (χ0v) is 16.2. The predicted molar refractivity (Wildman–Crippen MR) is 106 cm³/mol. The minimum absolute atomic E-state index is 0.357. The second-order valence-corrected chi connectivity index (χ2v) is 6.54. The Morgan fingerprint density at radius 1 is 1.04 bits per heavy atom. The molecule has 142 valence electrons.